The number of nitrogens with two attached hydrogens (primary N) is 1. The highest BCUT2D eigenvalue weighted by atomic mass is 19.1. The molecule has 0 aromatic carbocycles. The van der Waals surface area contributed by atoms with Gasteiger partial charge in [0.25, 0.3) is 0 Å². The number of hydrogen-bond acceptors (Lipinski definition) is 4. The van der Waals surface area contributed by atoms with Crippen molar-refractivity contribution in [1.82, 2.24) is 9.97 Å². The molecule has 1 fully saturated rings. The number of anilines is 1. The normalized spacial score (nSPS) is 23.9. The predicted octanol–water partition coefficient (Wildman–Crippen LogP) is 2.10. The summed E-state index contributed by atoms with van der Waals surface area (Å²) in [6, 6.07) is 0. The minimum atomic E-state index is -0.340. The van der Waals surface area contributed by atoms with Crippen LogP contribution in [0.1, 0.15) is 31.4 Å². The lowest BCUT2D eigenvalue weighted by Gasteiger charge is -2.27. The highest BCUT2D eigenvalue weighted by Crippen LogP contribution is 2.28. The Morgan fingerprint density at radius 1 is 1.28 bits per heavy atom. The summed E-state index contributed by atoms with van der Waals surface area (Å²) in [4.78, 5) is 7.75. The molecule has 0 radical (unpaired) electrons. The molecule has 0 bridgehead atoms. The Morgan fingerprint density at radius 2 is 1.94 bits per heavy atom. The highest BCUT2D eigenvalue weighted by molar-refractivity contribution is 5.36. The molecule has 5 heteroatoms. The molecule has 1 aliphatic carbocycles. The molecule has 0 atom stereocenters. The quantitative estimate of drug-likeness (QED) is 0.861. The van der Waals surface area contributed by atoms with Crippen LogP contribution in [0.5, 0.6) is 0 Å². The van der Waals surface area contributed by atoms with E-state index in [0.717, 1.165) is 13.1 Å². The largest absolute Gasteiger partial charge is 0.367 e. The first-order chi connectivity index (χ1) is 8.70. The van der Waals surface area contributed by atoms with Crippen LogP contribution in [0.4, 0.5) is 10.2 Å². The van der Waals surface area contributed by atoms with E-state index in [0.29, 0.717) is 23.3 Å². The average Bonchev–Trinajstić information content (AvgIpc) is 2.41. The molecule has 0 saturated heterocycles. The first-order valence-corrected chi connectivity index (χ1v) is 6.61. The molecule has 4 nitrogen and oxygen atoms in total. The van der Waals surface area contributed by atoms with E-state index in [1.165, 1.54) is 32.0 Å². The van der Waals surface area contributed by atoms with Crippen molar-refractivity contribution in [2.75, 3.05) is 18.4 Å². The number of halogens is 1. The van der Waals surface area contributed by atoms with Crippen molar-refractivity contribution >= 4 is 5.82 Å². The van der Waals surface area contributed by atoms with Gasteiger partial charge in [-0.25, -0.2) is 14.4 Å². The molecule has 1 aromatic rings. The molecular weight excluding hydrogens is 231 g/mol. The van der Waals surface area contributed by atoms with Crippen molar-refractivity contribution in [3.8, 4) is 0 Å². The number of nitrogens with one attached hydrogen (secondary N) is 1. The molecule has 0 amide bonds. The number of aromatic nitrogens is 2. The smallest absolute Gasteiger partial charge is 0.186 e. The van der Waals surface area contributed by atoms with Crippen molar-refractivity contribution in [3.63, 3.8) is 0 Å². The van der Waals surface area contributed by atoms with E-state index < -0.39 is 0 Å². The molecule has 2 rings (SSSR count). The number of nitrogens with zero attached hydrogens (tertiary/aromatic N) is 2. The van der Waals surface area contributed by atoms with Crippen molar-refractivity contribution in [1.29, 1.82) is 0 Å². The standard InChI is InChI=1S/C13H21FN4/c1-9-12(14)13(18-8-17-9)16-7-11-4-2-10(6-15)3-5-11/h8,10-11H,2-7,15H2,1H3,(H,16,17,18). The van der Waals surface area contributed by atoms with Gasteiger partial charge < -0.3 is 11.1 Å². The number of rotatable bonds is 4. The maximum absolute atomic E-state index is 13.7. The Bertz CT molecular complexity index is 389. The zero-order valence-electron chi connectivity index (χ0n) is 10.8. The molecule has 0 unspecified atom stereocenters. The summed E-state index contributed by atoms with van der Waals surface area (Å²) in [5.41, 5.74) is 6.06. The summed E-state index contributed by atoms with van der Waals surface area (Å²) in [6.45, 7) is 3.22. The summed E-state index contributed by atoms with van der Waals surface area (Å²) in [5.74, 6) is 1.26. The van der Waals surface area contributed by atoms with Crippen molar-refractivity contribution in [3.05, 3.63) is 17.8 Å². The first-order valence-electron chi connectivity index (χ1n) is 6.61. The molecule has 1 heterocycles. The number of hydrogen-bond donors (Lipinski definition) is 2. The monoisotopic (exact) mass is 252 g/mol. The van der Waals surface area contributed by atoms with E-state index in [-0.39, 0.29) is 5.82 Å². The van der Waals surface area contributed by atoms with Crippen LogP contribution in [-0.4, -0.2) is 23.1 Å². The van der Waals surface area contributed by atoms with E-state index in [4.69, 9.17) is 5.73 Å². The molecule has 18 heavy (non-hydrogen) atoms. The molecule has 3 N–H and O–H groups in total. The summed E-state index contributed by atoms with van der Waals surface area (Å²) < 4.78 is 13.7. The van der Waals surface area contributed by atoms with Crippen molar-refractivity contribution in [2.24, 2.45) is 17.6 Å². The fraction of sp³-hybridized carbons (Fsp3) is 0.692. The Hall–Kier alpha value is -1.23. The van der Waals surface area contributed by atoms with Crippen LogP contribution in [0, 0.1) is 24.6 Å². The third-order valence-corrected chi connectivity index (χ3v) is 3.82. The van der Waals surface area contributed by atoms with Gasteiger partial charge in [-0.05, 0) is 51.0 Å². The third kappa shape index (κ3) is 3.16. The van der Waals surface area contributed by atoms with E-state index in [2.05, 4.69) is 15.3 Å². The van der Waals surface area contributed by atoms with Crippen LogP contribution in [0.3, 0.4) is 0 Å². The molecular formula is C13H21FN4. The minimum absolute atomic E-state index is 0.323. The van der Waals surface area contributed by atoms with Gasteiger partial charge in [-0.2, -0.15) is 0 Å². The topological polar surface area (TPSA) is 63.8 Å². The van der Waals surface area contributed by atoms with E-state index >= 15 is 0 Å². The Kier molecular flexibility index (Phi) is 4.47. The van der Waals surface area contributed by atoms with Gasteiger partial charge in [-0.3, -0.25) is 0 Å². The lowest BCUT2D eigenvalue weighted by molar-refractivity contribution is 0.289. The van der Waals surface area contributed by atoms with Crippen LogP contribution in [0.2, 0.25) is 0 Å². The Morgan fingerprint density at radius 3 is 2.61 bits per heavy atom. The molecule has 1 saturated carbocycles. The zero-order valence-corrected chi connectivity index (χ0v) is 10.8. The summed E-state index contributed by atoms with van der Waals surface area (Å²) in [6.07, 6.45) is 6.11. The van der Waals surface area contributed by atoms with Gasteiger partial charge >= 0.3 is 0 Å². The first kappa shape index (κ1) is 13.2. The predicted molar refractivity (Wildman–Crippen MR) is 69.7 cm³/mol. The lowest BCUT2D eigenvalue weighted by Crippen LogP contribution is -2.25. The van der Waals surface area contributed by atoms with Gasteiger partial charge in [-0.15, -0.1) is 0 Å². The molecule has 0 aliphatic heterocycles. The molecule has 100 valence electrons. The fourth-order valence-corrected chi connectivity index (χ4v) is 2.49. The van der Waals surface area contributed by atoms with E-state index in [1.807, 2.05) is 0 Å². The van der Waals surface area contributed by atoms with Crippen LogP contribution in [-0.2, 0) is 0 Å². The second-order valence-corrected chi connectivity index (χ2v) is 5.13. The highest BCUT2D eigenvalue weighted by Gasteiger charge is 2.20. The summed E-state index contributed by atoms with van der Waals surface area (Å²) >= 11 is 0. The maximum Gasteiger partial charge on any atom is 0.186 e. The van der Waals surface area contributed by atoms with Gasteiger partial charge in [0, 0.05) is 6.54 Å². The summed E-state index contributed by atoms with van der Waals surface area (Å²) in [5, 5.41) is 3.10. The van der Waals surface area contributed by atoms with Gasteiger partial charge in [0.1, 0.15) is 6.33 Å². The van der Waals surface area contributed by atoms with E-state index in [9.17, 15) is 4.39 Å². The third-order valence-electron chi connectivity index (χ3n) is 3.82. The molecule has 0 spiro atoms. The van der Waals surface area contributed by atoms with Gasteiger partial charge in [0.2, 0.25) is 0 Å². The molecule has 1 aliphatic rings. The van der Waals surface area contributed by atoms with Crippen LogP contribution in [0.15, 0.2) is 6.33 Å². The van der Waals surface area contributed by atoms with Crippen LogP contribution >= 0.6 is 0 Å². The van der Waals surface area contributed by atoms with E-state index in [1.54, 1.807) is 6.92 Å². The second kappa shape index (κ2) is 6.09. The molecule has 1 aromatic heterocycles. The number of aryl methyl sites for hydroxylation is 1. The SMILES string of the molecule is Cc1ncnc(NCC2CCC(CN)CC2)c1F. The van der Waals surface area contributed by atoms with Gasteiger partial charge in [0.15, 0.2) is 11.6 Å². The lowest BCUT2D eigenvalue weighted by atomic mass is 9.82. The second-order valence-electron chi connectivity index (χ2n) is 5.13. The Labute approximate surface area is 107 Å². The summed E-state index contributed by atoms with van der Waals surface area (Å²) in [7, 11) is 0. The van der Waals surface area contributed by atoms with Crippen LogP contribution in [0.25, 0.3) is 0 Å². The van der Waals surface area contributed by atoms with Gasteiger partial charge in [-0.1, -0.05) is 0 Å². The van der Waals surface area contributed by atoms with Crippen molar-refractivity contribution < 1.29 is 4.39 Å². The zero-order chi connectivity index (χ0) is 13.0. The average molecular weight is 252 g/mol. The van der Waals surface area contributed by atoms with Crippen molar-refractivity contribution in [2.45, 2.75) is 32.6 Å². The maximum atomic E-state index is 13.7. The minimum Gasteiger partial charge on any atom is -0.367 e. The van der Waals surface area contributed by atoms with Gasteiger partial charge in [0.05, 0.1) is 5.69 Å². The van der Waals surface area contributed by atoms with Crippen LogP contribution < -0.4 is 11.1 Å². The fourth-order valence-electron chi connectivity index (χ4n) is 2.49. The Balaban J connectivity index is 1.83.